The predicted octanol–water partition coefficient (Wildman–Crippen LogP) is 6.12. The average Bonchev–Trinajstić information content (AvgIpc) is 2.74. The second-order valence-corrected chi connectivity index (χ2v) is 7.19. The minimum Gasteiger partial charge on any atom is -0.508 e. The maximum atomic E-state index is 10.7. The molecule has 0 radical (unpaired) electrons. The Balaban J connectivity index is 1.83. The summed E-state index contributed by atoms with van der Waals surface area (Å²) < 4.78 is 6.32. The predicted molar refractivity (Wildman–Crippen MR) is 121 cm³/mol. The summed E-state index contributed by atoms with van der Waals surface area (Å²) in [6.45, 7) is 1.97. The number of ether oxygens (including phenoxy) is 1. The summed E-state index contributed by atoms with van der Waals surface area (Å²) in [6, 6.07) is 21.1. The van der Waals surface area contributed by atoms with Crippen LogP contribution in [0.25, 0.3) is 28.0 Å². The molecule has 4 aromatic carbocycles. The zero-order chi connectivity index (χ0) is 22.0. The zero-order valence-corrected chi connectivity index (χ0v) is 16.7. The van der Waals surface area contributed by atoms with Gasteiger partial charge in [0.25, 0.3) is 0 Å². The number of aliphatic carboxylic acids is 1. The highest BCUT2D eigenvalue weighted by atomic mass is 16.5. The Morgan fingerprint density at radius 2 is 1.55 bits per heavy atom. The largest absolute Gasteiger partial charge is 0.508 e. The number of carbonyl (C=O) groups is 1. The molecule has 0 aromatic heterocycles. The third-order valence-corrected chi connectivity index (χ3v) is 4.95. The standard InChI is InChI=1S/C26H20O5/c1-16-14-19-15-21(28)9-12-23(19)26(25(16)18-5-7-20(27)8-6-18)31-22-10-2-17(3-11-22)4-13-24(29)30/h2-15,27-28H,1H3,(H,29,30)/b13-4+. The van der Waals surface area contributed by atoms with Crippen molar-refractivity contribution < 1.29 is 24.9 Å². The van der Waals surface area contributed by atoms with Gasteiger partial charge in [-0.3, -0.25) is 0 Å². The maximum absolute atomic E-state index is 10.7. The molecule has 5 heteroatoms. The zero-order valence-electron chi connectivity index (χ0n) is 16.7. The lowest BCUT2D eigenvalue weighted by molar-refractivity contribution is -0.131. The molecule has 0 unspecified atom stereocenters. The monoisotopic (exact) mass is 412 g/mol. The lowest BCUT2D eigenvalue weighted by Crippen LogP contribution is -1.94. The first-order valence-electron chi connectivity index (χ1n) is 9.65. The second-order valence-electron chi connectivity index (χ2n) is 7.19. The van der Waals surface area contributed by atoms with Gasteiger partial charge in [-0.05, 0) is 77.5 Å². The van der Waals surface area contributed by atoms with Crippen LogP contribution in [0.15, 0.2) is 78.9 Å². The number of phenols is 2. The number of fused-ring (bicyclic) bond motifs is 1. The van der Waals surface area contributed by atoms with Crippen molar-refractivity contribution >= 4 is 22.8 Å². The minimum atomic E-state index is -1.01. The van der Waals surface area contributed by atoms with Crippen molar-refractivity contribution in [2.45, 2.75) is 6.92 Å². The number of hydrogen-bond donors (Lipinski definition) is 3. The van der Waals surface area contributed by atoms with Crippen molar-refractivity contribution in [2.75, 3.05) is 0 Å². The SMILES string of the molecule is Cc1cc2cc(O)ccc2c(Oc2ccc(/C=C/C(=O)O)cc2)c1-c1ccc(O)cc1. The molecule has 0 aliphatic carbocycles. The van der Waals surface area contributed by atoms with Crippen molar-refractivity contribution in [3.63, 3.8) is 0 Å². The van der Waals surface area contributed by atoms with Gasteiger partial charge >= 0.3 is 5.97 Å². The number of aryl methyl sites for hydroxylation is 1. The Labute approximate surface area is 179 Å². The van der Waals surface area contributed by atoms with E-state index < -0.39 is 5.97 Å². The summed E-state index contributed by atoms with van der Waals surface area (Å²) in [5, 5.41) is 30.1. The molecule has 4 aromatic rings. The number of carboxylic acid groups (broad SMARTS) is 1. The van der Waals surface area contributed by atoms with Gasteiger partial charge in [0, 0.05) is 17.0 Å². The van der Waals surface area contributed by atoms with Gasteiger partial charge in [0.05, 0.1) is 0 Å². The van der Waals surface area contributed by atoms with Crippen LogP contribution in [0, 0.1) is 6.92 Å². The van der Waals surface area contributed by atoms with Crippen LogP contribution in [0.1, 0.15) is 11.1 Å². The molecule has 31 heavy (non-hydrogen) atoms. The molecule has 0 bridgehead atoms. The lowest BCUT2D eigenvalue weighted by Gasteiger charge is -2.18. The lowest BCUT2D eigenvalue weighted by atomic mass is 9.94. The Bertz CT molecular complexity index is 1290. The van der Waals surface area contributed by atoms with Crippen molar-refractivity contribution in [3.05, 3.63) is 90.0 Å². The van der Waals surface area contributed by atoms with E-state index in [9.17, 15) is 15.0 Å². The third-order valence-electron chi connectivity index (χ3n) is 4.95. The first-order chi connectivity index (χ1) is 14.9. The Kier molecular flexibility index (Phi) is 5.33. The molecule has 0 aliphatic heterocycles. The molecule has 0 fully saturated rings. The van der Waals surface area contributed by atoms with Crippen LogP contribution in [0.4, 0.5) is 0 Å². The van der Waals surface area contributed by atoms with Crippen molar-refractivity contribution in [1.82, 2.24) is 0 Å². The molecule has 0 amide bonds. The van der Waals surface area contributed by atoms with E-state index >= 15 is 0 Å². The van der Waals surface area contributed by atoms with E-state index in [0.29, 0.717) is 11.5 Å². The molecule has 0 saturated carbocycles. The van der Waals surface area contributed by atoms with E-state index in [-0.39, 0.29) is 11.5 Å². The van der Waals surface area contributed by atoms with Gasteiger partial charge in [0.2, 0.25) is 0 Å². The summed E-state index contributed by atoms with van der Waals surface area (Å²) in [5.74, 6) is 0.569. The Morgan fingerprint density at radius 1 is 0.871 bits per heavy atom. The van der Waals surface area contributed by atoms with Crippen molar-refractivity contribution in [3.8, 4) is 34.1 Å². The fraction of sp³-hybridized carbons (Fsp3) is 0.0385. The summed E-state index contributed by atoms with van der Waals surface area (Å²) in [7, 11) is 0. The summed E-state index contributed by atoms with van der Waals surface area (Å²) in [4.78, 5) is 10.7. The molecule has 0 heterocycles. The van der Waals surface area contributed by atoms with Gasteiger partial charge < -0.3 is 20.1 Å². The van der Waals surface area contributed by atoms with Gasteiger partial charge in [-0.2, -0.15) is 0 Å². The van der Waals surface area contributed by atoms with Crippen LogP contribution >= 0.6 is 0 Å². The highest BCUT2D eigenvalue weighted by Crippen LogP contribution is 2.43. The Morgan fingerprint density at radius 3 is 2.23 bits per heavy atom. The second kappa shape index (κ2) is 8.24. The minimum absolute atomic E-state index is 0.171. The topological polar surface area (TPSA) is 87.0 Å². The van der Waals surface area contributed by atoms with Gasteiger partial charge in [0.15, 0.2) is 0 Å². The molecule has 154 valence electrons. The first-order valence-corrected chi connectivity index (χ1v) is 9.65. The van der Waals surface area contributed by atoms with Crippen molar-refractivity contribution in [2.24, 2.45) is 0 Å². The summed E-state index contributed by atoms with van der Waals surface area (Å²) in [5.41, 5.74) is 3.47. The fourth-order valence-electron chi connectivity index (χ4n) is 3.52. The quantitative estimate of drug-likeness (QED) is 0.344. The fourth-order valence-corrected chi connectivity index (χ4v) is 3.52. The molecule has 0 aliphatic rings. The first kappa shape index (κ1) is 20.0. The summed E-state index contributed by atoms with van der Waals surface area (Å²) in [6.07, 6.45) is 2.60. The highest BCUT2D eigenvalue weighted by molar-refractivity contribution is 5.97. The van der Waals surface area contributed by atoms with E-state index in [1.165, 1.54) is 6.08 Å². The van der Waals surface area contributed by atoms with Gasteiger partial charge in [-0.1, -0.05) is 30.3 Å². The Hall–Kier alpha value is -4.25. The van der Waals surface area contributed by atoms with E-state index in [4.69, 9.17) is 9.84 Å². The molecule has 3 N–H and O–H groups in total. The average molecular weight is 412 g/mol. The van der Waals surface area contributed by atoms with Crippen LogP contribution in [-0.4, -0.2) is 21.3 Å². The van der Waals surface area contributed by atoms with Crippen LogP contribution in [0.2, 0.25) is 0 Å². The smallest absolute Gasteiger partial charge is 0.328 e. The van der Waals surface area contributed by atoms with E-state index in [1.54, 1.807) is 48.5 Å². The molecule has 0 spiro atoms. The highest BCUT2D eigenvalue weighted by Gasteiger charge is 2.16. The molecule has 5 nitrogen and oxygen atoms in total. The number of phenolic OH excluding ortho intramolecular Hbond substituents is 2. The number of rotatable bonds is 5. The number of hydrogen-bond acceptors (Lipinski definition) is 4. The maximum Gasteiger partial charge on any atom is 0.328 e. The molecular weight excluding hydrogens is 392 g/mol. The van der Waals surface area contributed by atoms with Gasteiger partial charge in [-0.15, -0.1) is 0 Å². The van der Waals surface area contributed by atoms with Crippen LogP contribution in [-0.2, 0) is 4.79 Å². The van der Waals surface area contributed by atoms with Crippen LogP contribution < -0.4 is 4.74 Å². The summed E-state index contributed by atoms with van der Waals surface area (Å²) >= 11 is 0. The molecule has 4 rings (SSSR count). The number of benzene rings is 4. The van der Waals surface area contributed by atoms with Crippen LogP contribution in [0.5, 0.6) is 23.0 Å². The van der Waals surface area contributed by atoms with Crippen LogP contribution in [0.3, 0.4) is 0 Å². The van der Waals surface area contributed by atoms with E-state index in [1.807, 2.05) is 31.2 Å². The number of aromatic hydroxyl groups is 2. The van der Waals surface area contributed by atoms with E-state index in [0.717, 1.165) is 39.1 Å². The third kappa shape index (κ3) is 4.36. The molecule has 0 atom stereocenters. The van der Waals surface area contributed by atoms with Gasteiger partial charge in [-0.25, -0.2) is 4.79 Å². The van der Waals surface area contributed by atoms with Gasteiger partial charge in [0.1, 0.15) is 23.0 Å². The normalized spacial score (nSPS) is 11.1. The molecule has 0 saturated heterocycles. The number of carboxylic acids is 1. The van der Waals surface area contributed by atoms with E-state index in [2.05, 4.69) is 0 Å². The molecular formula is C26H20O5. The van der Waals surface area contributed by atoms with Crippen molar-refractivity contribution in [1.29, 1.82) is 0 Å².